The Balaban J connectivity index is 1.35. The van der Waals surface area contributed by atoms with Crippen LogP contribution in [0.2, 0.25) is 0 Å². The fraction of sp³-hybridized carbons (Fsp3) is 0.364. The molecule has 3 heterocycles. The number of nitrogens with one attached hydrogen (secondary N) is 1. The first-order valence-electron chi connectivity index (χ1n) is 10.5. The summed E-state index contributed by atoms with van der Waals surface area (Å²) in [4.78, 5) is 60.2. The summed E-state index contributed by atoms with van der Waals surface area (Å²) in [5.74, 6) is -1.11. The molecule has 0 atom stereocenters. The van der Waals surface area contributed by atoms with Crippen molar-refractivity contribution in [1.29, 1.82) is 0 Å². The molecule has 10 heteroatoms. The molecule has 0 aromatic heterocycles. The van der Waals surface area contributed by atoms with E-state index in [0.29, 0.717) is 38.1 Å². The highest BCUT2D eigenvalue weighted by Crippen LogP contribution is 2.25. The van der Waals surface area contributed by atoms with E-state index in [1.54, 1.807) is 11.8 Å². The van der Waals surface area contributed by atoms with E-state index < -0.39 is 24.4 Å². The molecular weight excluding hydrogens is 414 g/mol. The predicted molar refractivity (Wildman–Crippen MR) is 116 cm³/mol. The van der Waals surface area contributed by atoms with E-state index in [2.05, 4.69) is 15.3 Å². The molecule has 0 aliphatic carbocycles. The van der Waals surface area contributed by atoms with Crippen molar-refractivity contribution in [3.05, 3.63) is 42.1 Å². The van der Waals surface area contributed by atoms with Crippen LogP contribution in [0.4, 0.5) is 9.59 Å². The smallest absolute Gasteiger partial charge is 0.409 e. The van der Waals surface area contributed by atoms with Crippen molar-refractivity contribution in [2.24, 2.45) is 9.98 Å². The minimum atomic E-state index is -0.792. The largest absolute Gasteiger partial charge is 0.450 e. The van der Waals surface area contributed by atoms with Gasteiger partial charge in [0.15, 0.2) is 5.71 Å². The van der Waals surface area contributed by atoms with Crippen LogP contribution in [-0.2, 0) is 14.3 Å². The molecule has 1 N–H and O–H groups in total. The number of benzene rings is 1. The quantitative estimate of drug-likeness (QED) is 0.750. The summed E-state index contributed by atoms with van der Waals surface area (Å²) in [7, 11) is 0. The number of imide groups is 1. The molecule has 3 aliphatic heterocycles. The van der Waals surface area contributed by atoms with Gasteiger partial charge in [-0.15, -0.1) is 0 Å². The van der Waals surface area contributed by atoms with Crippen LogP contribution in [0, 0.1) is 0 Å². The number of likely N-dealkylation sites (tertiary alicyclic amines) is 1. The van der Waals surface area contributed by atoms with Crippen LogP contribution in [0.3, 0.4) is 0 Å². The number of carbonyl (C=O) groups excluding carboxylic acids is 4. The zero-order valence-electron chi connectivity index (χ0n) is 17.6. The molecule has 4 rings (SSSR count). The van der Waals surface area contributed by atoms with Gasteiger partial charge in [-0.3, -0.25) is 9.59 Å². The summed E-state index contributed by atoms with van der Waals surface area (Å²) in [6, 6.07) is 8.28. The Morgan fingerprint density at radius 3 is 2.53 bits per heavy atom. The lowest BCUT2D eigenvalue weighted by Gasteiger charge is -2.32. The minimum absolute atomic E-state index is 0.0546. The zero-order chi connectivity index (χ0) is 22.7. The standard InChI is InChI=1S/C22H23N5O5/c1-2-32-22(31)26-10-8-15(9-11-26)24-17(28)13-27-20(29)19-18(25-21(27)30)16(12-23-19)14-6-4-3-5-7-14/h3-7,12,15H,2,8-11,13H2,1H3,(H,24,28). The Morgan fingerprint density at radius 2 is 1.84 bits per heavy atom. The SMILES string of the molecule is CCOC(=O)N1CCC(NC(=O)CN2C(=O)N=C3C(c4ccccc4)=CN=C3C2=O)CC1. The molecule has 166 valence electrons. The van der Waals surface area contributed by atoms with Gasteiger partial charge in [-0.1, -0.05) is 30.3 Å². The summed E-state index contributed by atoms with van der Waals surface area (Å²) in [6.45, 7) is 2.54. The van der Waals surface area contributed by atoms with Crippen molar-refractivity contribution in [2.45, 2.75) is 25.8 Å². The predicted octanol–water partition coefficient (Wildman–Crippen LogP) is 1.62. The zero-order valence-corrected chi connectivity index (χ0v) is 17.6. The van der Waals surface area contributed by atoms with E-state index in [0.717, 1.165) is 10.5 Å². The monoisotopic (exact) mass is 437 g/mol. The maximum atomic E-state index is 12.8. The van der Waals surface area contributed by atoms with Gasteiger partial charge in [-0.25, -0.2) is 19.5 Å². The van der Waals surface area contributed by atoms with Crippen LogP contribution < -0.4 is 5.32 Å². The van der Waals surface area contributed by atoms with Gasteiger partial charge in [-0.05, 0) is 25.3 Å². The first-order valence-corrected chi connectivity index (χ1v) is 10.5. The summed E-state index contributed by atoms with van der Waals surface area (Å²) in [5, 5.41) is 2.83. The second-order valence-corrected chi connectivity index (χ2v) is 7.55. The Labute approximate surface area is 184 Å². The summed E-state index contributed by atoms with van der Waals surface area (Å²) < 4.78 is 4.98. The van der Waals surface area contributed by atoms with Gasteiger partial charge in [0.25, 0.3) is 5.91 Å². The van der Waals surface area contributed by atoms with Crippen molar-refractivity contribution in [2.75, 3.05) is 26.2 Å². The Kier molecular flexibility index (Phi) is 6.11. The van der Waals surface area contributed by atoms with Crippen molar-refractivity contribution in [3.8, 4) is 0 Å². The number of nitrogens with zero attached hydrogens (tertiary/aromatic N) is 4. The molecule has 1 fully saturated rings. The first-order chi connectivity index (χ1) is 15.5. The number of hydrogen-bond acceptors (Lipinski definition) is 6. The van der Waals surface area contributed by atoms with Crippen LogP contribution in [0.1, 0.15) is 25.3 Å². The van der Waals surface area contributed by atoms with Crippen molar-refractivity contribution in [3.63, 3.8) is 0 Å². The van der Waals surface area contributed by atoms with Gasteiger partial charge in [0.05, 0.1) is 6.61 Å². The van der Waals surface area contributed by atoms with Gasteiger partial charge >= 0.3 is 12.1 Å². The fourth-order valence-electron chi connectivity index (χ4n) is 3.83. The number of fused-ring (bicyclic) bond motifs is 1. The number of allylic oxidation sites excluding steroid dienone is 1. The topological polar surface area (TPSA) is 121 Å². The van der Waals surface area contributed by atoms with Gasteiger partial charge in [-0.2, -0.15) is 4.99 Å². The molecule has 32 heavy (non-hydrogen) atoms. The molecule has 1 aromatic rings. The molecule has 0 saturated carbocycles. The van der Waals surface area contributed by atoms with Gasteiger partial charge in [0, 0.05) is 30.9 Å². The average molecular weight is 437 g/mol. The lowest BCUT2D eigenvalue weighted by Crippen LogP contribution is -2.53. The van der Waals surface area contributed by atoms with Crippen LogP contribution in [0.25, 0.3) is 5.57 Å². The summed E-state index contributed by atoms with van der Waals surface area (Å²) in [5.41, 5.74) is 1.68. The number of rotatable bonds is 5. The van der Waals surface area contributed by atoms with E-state index in [1.165, 1.54) is 6.20 Å². The second kappa shape index (κ2) is 9.13. The van der Waals surface area contributed by atoms with Crippen LogP contribution in [-0.4, -0.2) is 77.4 Å². The van der Waals surface area contributed by atoms with Crippen LogP contribution in [0.15, 0.2) is 46.5 Å². The highest BCUT2D eigenvalue weighted by Gasteiger charge is 2.39. The summed E-state index contributed by atoms with van der Waals surface area (Å²) in [6.07, 6.45) is 2.27. The number of hydrogen-bond donors (Lipinski definition) is 1. The number of amides is 5. The molecule has 1 aromatic carbocycles. The molecule has 10 nitrogen and oxygen atoms in total. The van der Waals surface area contributed by atoms with E-state index >= 15 is 0 Å². The number of carbonyl (C=O) groups is 4. The molecule has 1 saturated heterocycles. The number of urea groups is 1. The van der Waals surface area contributed by atoms with Crippen molar-refractivity contribution < 1.29 is 23.9 Å². The first kappa shape index (κ1) is 21.4. The molecule has 0 radical (unpaired) electrons. The average Bonchev–Trinajstić information content (AvgIpc) is 3.22. The molecule has 3 aliphatic rings. The van der Waals surface area contributed by atoms with E-state index in [4.69, 9.17) is 4.74 Å². The van der Waals surface area contributed by atoms with Crippen LogP contribution >= 0.6 is 0 Å². The second-order valence-electron chi connectivity index (χ2n) is 7.55. The highest BCUT2D eigenvalue weighted by atomic mass is 16.6. The molecule has 0 unspecified atom stereocenters. The third kappa shape index (κ3) is 4.29. The Hall–Kier alpha value is -3.82. The molecule has 0 spiro atoms. The number of aliphatic imine (C=N–C) groups is 2. The maximum Gasteiger partial charge on any atom is 0.409 e. The van der Waals surface area contributed by atoms with E-state index in [9.17, 15) is 19.2 Å². The van der Waals surface area contributed by atoms with Crippen molar-refractivity contribution >= 4 is 40.9 Å². The highest BCUT2D eigenvalue weighted by molar-refractivity contribution is 6.78. The fourth-order valence-corrected chi connectivity index (χ4v) is 3.83. The third-order valence-corrected chi connectivity index (χ3v) is 5.46. The maximum absolute atomic E-state index is 12.8. The lowest BCUT2D eigenvalue weighted by atomic mass is 9.99. The third-order valence-electron chi connectivity index (χ3n) is 5.46. The molecule has 0 bridgehead atoms. The van der Waals surface area contributed by atoms with Crippen LogP contribution in [0.5, 0.6) is 0 Å². The molecular formula is C22H23N5O5. The van der Waals surface area contributed by atoms with E-state index in [1.807, 2.05) is 30.3 Å². The summed E-state index contributed by atoms with van der Waals surface area (Å²) >= 11 is 0. The number of ether oxygens (including phenoxy) is 1. The lowest BCUT2D eigenvalue weighted by molar-refractivity contribution is -0.129. The van der Waals surface area contributed by atoms with Gasteiger partial charge in [0.1, 0.15) is 12.3 Å². The van der Waals surface area contributed by atoms with E-state index in [-0.39, 0.29) is 23.6 Å². The molecule has 5 amide bonds. The Bertz CT molecular complexity index is 1040. The number of piperidine rings is 1. The Morgan fingerprint density at radius 1 is 1.12 bits per heavy atom. The minimum Gasteiger partial charge on any atom is -0.450 e. The normalized spacial score (nSPS) is 18.6. The van der Waals surface area contributed by atoms with Gasteiger partial charge < -0.3 is 15.0 Å². The van der Waals surface area contributed by atoms with Crippen molar-refractivity contribution in [1.82, 2.24) is 15.1 Å². The van der Waals surface area contributed by atoms with Gasteiger partial charge in [0.2, 0.25) is 5.91 Å².